The quantitative estimate of drug-likeness (QED) is 0.542. The van der Waals surface area contributed by atoms with Gasteiger partial charge in [0.25, 0.3) is 5.91 Å². The van der Waals surface area contributed by atoms with E-state index in [2.05, 4.69) is 12.2 Å². The van der Waals surface area contributed by atoms with E-state index in [1.54, 1.807) is 31.2 Å². The monoisotopic (exact) mass is 383 g/mol. The standard InChI is InChI=1S/C18H25NO6S/c1-3-4-10-24-15-7-5-14(6-8-15)17(21)25-12-16(20)19-18(2)9-11-26(22,23)13-18/h5-8H,3-4,9-13H2,1-2H3,(H,19,20)/t18-/m1/s1. The molecule has 1 heterocycles. The SMILES string of the molecule is CCCCOc1ccc(C(=O)OCC(=O)N[C@]2(C)CCS(=O)(=O)C2)cc1. The van der Waals surface area contributed by atoms with E-state index in [0.717, 1.165) is 12.8 Å². The molecular weight excluding hydrogens is 358 g/mol. The van der Waals surface area contributed by atoms with Gasteiger partial charge in [0, 0.05) is 0 Å². The molecule has 1 saturated heterocycles. The Labute approximate surface area is 154 Å². The molecule has 1 aliphatic heterocycles. The van der Waals surface area contributed by atoms with Crippen LogP contribution in [-0.2, 0) is 19.4 Å². The van der Waals surface area contributed by atoms with Crippen LogP contribution in [-0.4, -0.2) is 50.6 Å². The highest BCUT2D eigenvalue weighted by atomic mass is 32.2. The number of sulfone groups is 1. The van der Waals surface area contributed by atoms with Gasteiger partial charge in [0.2, 0.25) is 0 Å². The third kappa shape index (κ3) is 6.01. The average Bonchev–Trinajstić information content (AvgIpc) is 2.86. The first-order valence-electron chi connectivity index (χ1n) is 8.64. The van der Waals surface area contributed by atoms with Crippen molar-refractivity contribution in [3.05, 3.63) is 29.8 Å². The molecule has 1 fully saturated rings. The van der Waals surface area contributed by atoms with E-state index in [9.17, 15) is 18.0 Å². The fraction of sp³-hybridized carbons (Fsp3) is 0.556. The predicted octanol–water partition coefficient (Wildman–Crippen LogP) is 1.72. The van der Waals surface area contributed by atoms with Crippen LogP contribution in [0.4, 0.5) is 0 Å². The highest BCUT2D eigenvalue weighted by Gasteiger charge is 2.39. The molecule has 8 heteroatoms. The number of benzene rings is 1. The first-order valence-corrected chi connectivity index (χ1v) is 10.5. The number of rotatable bonds is 8. The summed E-state index contributed by atoms with van der Waals surface area (Å²) in [4.78, 5) is 24.0. The number of esters is 1. The van der Waals surface area contributed by atoms with Gasteiger partial charge in [-0.3, -0.25) is 4.79 Å². The lowest BCUT2D eigenvalue weighted by atomic mass is 10.0. The largest absolute Gasteiger partial charge is 0.494 e. The second kappa shape index (κ2) is 8.53. The third-order valence-corrected chi connectivity index (χ3v) is 6.04. The molecule has 7 nitrogen and oxygen atoms in total. The minimum absolute atomic E-state index is 0.0518. The molecule has 0 bridgehead atoms. The Balaban J connectivity index is 1.80. The maximum atomic E-state index is 12.0. The molecule has 26 heavy (non-hydrogen) atoms. The normalized spacial score (nSPS) is 21.2. The molecule has 2 rings (SSSR count). The van der Waals surface area contributed by atoms with Crippen molar-refractivity contribution in [1.29, 1.82) is 0 Å². The van der Waals surface area contributed by atoms with E-state index in [4.69, 9.17) is 9.47 Å². The first kappa shape index (κ1) is 20.2. The number of carbonyl (C=O) groups is 2. The van der Waals surface area contributed by atoms with Gasteiger partial charge in [-0.15, -0.1) is 0 Å². The van der Waals surface area contributed by atoms with Gasteiger partial charge in [0.05, 0.1) is 29.2 Å². The molecule has 1 aliphatic rings. The molecule has 0 spiro atoms. The number of hydrogen-bond acceptors (Lipinski definition) is 6. The summed E-state index contributed by atoms with van der Waals surface area (Å²) in [6.45, 7) is 3.91. The van der Waals surface area contributed by atoms with Crippen molar-refractivity contribution in [2.45, 2.75) is 38.6 Å². The zero-order valence-electron chi connectivity index (χ0n) is 15.1. The molecular formula is C18H25NO6S. The lowest BCUT2D eigenvalue weighted by Gasteiger charge is -2.23. The maximum absolute atomic E-state index is 12.0. The Hall–Kier alpha value is -2.09. The summed E-state index contributed by atoms with van der Waals surface area (Å²) in [6, 6.07) is 6.51. The van der Waals surface area contributed by atoms with Crippen LogP contribution < -0.4 is 10.1 Å². The van der Waals surface area contributed by atoms with Gasteiger partial charge in [0.1, 0.15) is 5.75 Å². The molecule has 1 aromatic carbocycles. The van der Waals surface area contributed by atoms with Crippen LogP contribution in [0.25, 0.3) is 0 Å². The van der Waals surface area contributed by atoms with E-state index >= 15 is 0 Å². The lowest BCUT2D eigenvalue weighted by Crippen LogP contribution is -2.48. The van der Waals surface area contributed by atoms with E-state index < -0.39 is 33.9 Å². The van der Waals surface area contributed by atoms with Crippen LogP contribution >= 0.6 is 0 Å². The average molecular weight is 383 g/mol. The van der Waals surface area contributed by atoms with Crippen molar-refractivity contribution >= 4 is 21.7 Å². The van der Waals surface area contributed by atoms with Gasteiger partial charge < -0.3 is 14.8 Å². The number of carbonyl (C=O) groups excluding carboxylic acids is 2. The summed E-state index contributed by atoms with van der Waals surface area (Å²) in [5, 5.41) is 2.64. The number of amides is 1. The minimum Gasteiger partial charge on any atom is -0.494 e. The number of unbranched alkanes of at least 4 members (excludes halogenated alkanes) is 1. The van der Waals surface area contributed by atoms with Crippen LogP contribution in [0.15, 0.2) is 24.3 Å². The Morgan fingerprint density at radius 3 is 2.50 bits per heavy atom. The smallest absolute Gasteiger partial charge is 0.338 e. The van der Waals surface area contributed by atoms with Crippen LogP contribution in [0.5, 0.6) is 5.75 Å². The molecule has 1 amide bonds. The van der Waals surface area contributed by atoms with Crippen LogP contribution in [0, 0.1) is 0 Å². The van der Waals surface area contributed by atoms with Crippen molar-refractivity contribution in [3.63, 3.8) is 0 Å². The van der Waals surface area contributed by atoms with Gasteiger partial charge in [-0.1, -0.05) is 13.3 Å². The molecule has 0 radical (unpaired) electrons. The summed E-state index contributed by atoms with van der Waals surface area (Å²) in [5.74, 6) is -0.514. The number of hydrogen-bond donors (Lipinski definition) is 1. The summed E-state index contributed by atoms with van der Waals surface area (Å²) in [5.41, 5.74) is -0.491. The number of ether oxygens (including phenoxy) is 2. The van der Waals surface area contributed by atoms with Crippen molar-refractivity contribution in [2.24, 2.45) is 0 Å². The fourth-order valence-corrected chi connectivity index (χ4v) is 4.81. The molecule has 0 aromatic heterocycles. The summed E-state index contributed by atoms with van der Waals surface area (Å²) in [7, 11) is -3.12. The Bertz CT molecular complexity index is 743. The maximum Gasteiger partial charge on any atom is 0.338 e. The van der Waals surface area contributed by atoms with Crippen molar-refractivity contribution in [2.75, 3.05) is 24.7 Å². The fourth-order valence-electron chi connectivity index (χ4n) is 2.72. The van der Waals surface area contributed by atoms with E-state index in [-0.39, 0.29) is 11.5 Å². The molecule has 1 aromatic rings. The second-order valence-corrected chi connectivity index (χ2v) is 8.94. The van der Waals surface area contributed by atoms with Crippen LogP contribution in [0.1, 0.15) is 43.5 Å². The number of nitrogens with one attached hydrogen (secondary N) is 1. The second-order valence-electron chi connectivity index (χ2n) is 6.75. The molecule has 0 aliphatic carbocycles. The highest BCUT2D eigenvalue weighted by Crippen LogP contribution is 2.22. The summed E-state index contributed by atoms with van der Waals surface area (Å²) >= 11 is 0. The van der Waals surface area contributed by atoms with E-state index in [1.165, 1.54) is 0 Å². The Morgan fingerprint density at radius 2 is 1.92 bits per heavy atom. The first-order chi connectivity index (χ1) is 12.2. The summed E-state index contributed by atoms with van der Waals surface area (Å²) in [6.07, 6.45) is 2.35. The van der Waals surface area contributed by atoms with Gasteiger partial charge in [0.15, 0.2) is 16.4 Å². The lowest BCUT2D eigenvalue weighted by molar-refractivity contribution is -0.125. The van der Waals surface area contributed by atoms with Crippen molar-refractivity contribution in [1.82, 2.24) is 5.32 Å². The summed E-state index contributed by atoms with van der Waals surface area (Å²) < 4.78 is 33.6. The van der Waals surface area contributed by atoms with E-state index in [1.807, 2.05) is 0 Å². The van der Waals surface area contributed by atoms with Gasteiger partial charge in [-0.25, -0.2) is 13.2 Å². The molecule has 144 valence electrons. The predicted molar refractivity (Wildman–Crippen MR) is 96.9 cm³/mol. The van der Waals surface area contributed by atoms with Gasteiger partial charge >= 0.3 is 5.97 Å². The minimum atomic E-state index is -3.12. The van der Waals surface area contributed by atoms with Crippen LogP contribution in [0.3, 0.4) is 0 Å². The van der Waals surface area contributed by atoms with Gasteiger partial charge in [-0.2, -0.15) is 0 Å². The molecule has 0 unspecified atom stereocenters. The molecule has 0 saturated carbocycles. The Kier molecular flexibility index (Phi) is 6.63. The third-order valence-electron chi connectivity index (χ3n) is 4.14. The van der Waals surface area contributed by atoms with Crippen molar-refractivity contribution < 1.29 is 27.5 Å². The van der Waals surface area contributed by atoms with E-state index in [0.29, 0.717) is 24.3 Å². The Morgan fingerprint density at radius 1 is 1.23 bits per heavy atom. The highest BCUT2D eigenvalue weighted by molar-refractivity contribution is 7.91. The zero-order chi connectivity index (χ0) is 19.2. The topological polar surface area (TPSA) is 98.8 Å². The van der Waals surface area contributed by atoms with Gasteiger partial charge in [-0.05, 0) is 44.0 Å². The molecule has 1 atom stereocenters. The molecule has 1 N–H and O–H groups in total. The van der Waals surface area contributed by atoms with Crippen molar-refractivity contribution in [3.8, 4) is 5.75 Å². The van der Waals surface area contributed by atoms with Crippen LogP contribution in [0.2, 0.25) is 0 Å². The zero-order valence-corrected chi connectivity index (χ0v) is 15.9.